The van der Waals surface area contributed by atoms with Crippen molar-refractivity contribution in [2.45, 2.75) is 13.3 Å². The number of aromatic nitrogens is 2. The second kappa shape index (κ2) is 6.11. The van der Waals surface area contributed by atoms with Crippen molar-refractivity contribution in [3.05, 3.63) is 46.2 Å². The molecule has 3 rings (SSSR count). The van der Waals surface area contributed by atoms with Gasteiger partial charge in [0.15, 0.2) is 0 Å². The van der Waals surface area contributed by atoms with Crippen LogP contribution >= 0.6 is 23.2 Å². The van der Waals surface area contributed by atoms with Crippen LogP contribution in [0.2, 0.25) is 10.0 Å². The van der Waals surface area contributed by atoms with Crippen molar-refractivity contribution in [2.75, 3.05) is 13.1 Å². The molecule has 0 bridgehead atoms. The lowest BCUT2D eigenvalue weighted by Gasteiger charge is -2.19. The number of amides is 1. The molecule has 1 aromatic carbocycles. The van der Waals surface area contributed by atoms with Crippen LogP contribution < -0.4 is 0 Å². The summed E-state index contributed by atoms with van der Waals surface area (Å²) in [6.07, 6.45) is 3.46. The number of aliphatic carboxylic acids is 1. The highest BCUT2D eigenvalue weighted by atomic mass is 35.5. The molecule has 126 valence electrons. The minimum absolute atomic E-state index is 0.189. The minimum atomic E-state index is -0.898. The first-order valence-corrected chi connectivity index (χ1v) is 8.08. The van der Waals surface area contributed by atoms with Crippen LogP contribution in [0.25, 0.3) is 5.69 Å². The summed E-state index contributed by atoms with van der Waals surface area (Å²) in [4.78, 5) is 25.4. The third kappa shape index (κ3) is 2.99. The first-order valence-electron chi connectivity index (χ1n) is 7.33. The lowest BCUT2D eigenvalue weighted by Crippen LogP contribution is -2.34. The number of rotatable bonds is 3. The zero-order valence-electron chi connectivity index (χ0n) is 12.9. The largest absolute Gasteiger partial charge is 0.481 e. The number of hydrogen-bond acceptors (Lipinski definition) is 3. The standard InChI is InChI=1S/C16H15Cl2N3O3/c1-16(15(23)24)4-5-20(9-16)14(22)10-7-19-21(8-10)13-3-2-11(17)6-12(13)18/h2-3,6-8H,4-5,9H2,1H3,(H,23,24). The van der Waals surface area contributed by atoms with Gasteiger partial charge in [-0.2, -0.15) is 5.10 Å². The molecule has 1 aliphatic rings. The molecule has 1 fully saturated rings. The number of benzene rings is 1. The highest BCUT2D eigenvalue weighted by Gasteiger charge is 2.42. The Bertz CT molecular complexity index is 821. The van der Waals surface area contributed by atoms with Crippen molar-refractivity contribution in [1.29, 1.82) is 0 Å². The van der Waals surface area contributed by atoms with Gasteiger partial charge in [0.2, 0.25) is 0 Å². The monoisotopic (exact) mass is 367 g/mol. The first-order chi connectivity index (χ1) is 11.3. The van der Waals surface area contributed by atoms with Gasteiger partial charge in [0, 0.05) is 24.3 Å². The van der Waals surface area contributed by atoms with Gasteiger partial charge in [-0.3, -0.25) is 9.59 Å². The van der Waals surface area contributed by atoms with Gasteiger partial charge < -0.3 is 10.0 Å². The first kappa shape index (κ1) is 16.8. The fourth-order valence-electron chi connectivity index (χ4n) is 2.72. The Morgan fingerprint density at radius 1 is 1.33 bits per heavy atom. The zero-order chi connectivity index (χ0) is 17.5. The van der Waals surface area contributed by atoms with Crippen LogP contribution in [0.15, 0.2) is 30.6 Å². The molecule has 1 saturated heterocycles. The number of carboxylic acids is 1. The summed E-state index contributed by atoms with van der Waals surface area (Å²) < 4.78 is 1.50. The number of hydrogen-bond donors (Lipinski definition) is 1. The van der Waals surface area contributed by atoms with E-state index < -0.39 is 11.4 Å². The fraction of sp³-hybridized carbons (Fsp3) is 0.312. The van der Waals surface area contributed by atoms with Crippen molar-refractivity contribution in [1.82, 2.24) is 14.7 Å². The van der Waals surface area contributed by atoms with Gasteiger partial charge in [-0.25, -0.2) is 4.68 Å². The van der Waals surface area contributed by atoms with Gasteiger partial charge in [-0.15, -0.1) is 0 Å². The van der Waals surface area contributed by atoms with E-state index in [9.17, 15) is 14.7 Å². The quantitative estimate of drug-likeness (QED) is 0.903. The van der Waals surface area contributed by atoms with Crippen LogP contribution in [-0.2, 0) is 4.79 Å². The van der Waals surface area contributed by atoms with Crippen molar-refractivity contribution in [2.24, 2.45) is 5.41 Å². The molecule has 6 nitrogen and oxygen atoms in total. The molecular formula is C16H15Cl2N3O3. The predicted molar refractivity (Wildman–Crippen MR) is 89.8 cm³/mol. The Morgan fingerprint density at radius 3 is 2.71 bits per heavy atom. The fourth-order valence-corrected chi connectivity index (χ4v) is 3.22. The molecule has 1 aromatic heterocycles. The van der Waals surface area contributed by atoms with Gasteiger partial charge in [0.25, 0.3) is 5.91 Å². The number of carboxylic acid groups (broad SMARTS) is 1. The van der Waals surface area contributed by atoms with E-state index in [1.54, 1.807) is 36.2 Å². The molecule has 2 aromatic rings. The SMILES string of the molecule is CC1(C(=O)O)CCN(C(=O)c2cnn(-c3ccc(Cl)cc3Cl)c2)C1. The second-order valence-electron chi connectivity index (χ2n) is 6.11. The second-order valence-corrected chi connectivity index (χ2v) is 6.96. The summed E-state index contributed by atoms with van der Waals surface area (Å²) in [5.41, 5.74) is 0.0954. The number of carbonyl (C=O) groups excluding carboxylic acids is 1. The topological polar surface area (TPSA) is 75.4 Å². The van der Waals surface area contributed by atoms with Crippen molar-refractivity contribution < 1.29 is 14.7 Å². The molecule has 1 N–H and O–H groups in total. The maximum Gasteiger partial charge on any atom is 0.311 e. The number of halogens is 2. The van der Waals surface area contributed by atoms with E-state index in [1.807, 2.05) is 0 Å². The normalized spacial score (nSPS) is 20.4. The molecule has 1 amide bonds. The van der Waals surface area contributed by atoms with Crippen LogP contribution in [0, 0.1) is 5.41 Å². The highest BCUT2D eigenvalue weighted by molar-refractivity contribution is 6.35. The molecule has 24 heavy (non-hydrogen) atoms. The molecule has 0 spiro atoms. The van der Waals surface area contributed by atoms with Crippen molar-refractivity contribution in [3.8, 4) is 5.69 Å². The van der Waals surface area contributed by atoms with E-state index in [4.69, 9.17) is 23.2 Å². The van der Waals surface area contributed by atoms with Crippen LogP contribution in [0.5, 0.6) is 0 Å². The van der Waals surface area contributed by atoms with Gasteiger partial charge in [-0.1, -0.05) is 23.2 Å². The maximum absolute atomic E-state index is 12.6. The third-order valence-corrected chi connectivity index (χ3v) is 4.80. The number of likely N-dealkylation sites (tertiary alicyclic amines) is 1. The lowest BCUT2D eigenvalue weighted by molar-refractivity contribution is -0.147. The molecule has 0 aliphatic carbocycles. The summed E-state index contributed by atoms with van der Waals surface area (Å²) in [7, 11) is 0. The van der Waals surface area contributed by atoms with E-state index in [1.165, 1.54) is 10.9 Å². The van der Waals surface area contributed by atoms with Crippen molar-refractivity contribution in [3.63, 3.8) is 0 Å². The average Bonchev–Trinajstić information content (AvgIpc) is 3.14. The zero-order valence-corrected chi connectivity index (χ0v) is 14.4. The molecule has 1 atom stereocenters. The van der Waals surface area contributed by atoms with Gasteiger partial charge in [-0.05, 0) is 31.5 Å². The van der Waals surface area contributed by atoms with E-state index in [0.717, 1.165) is 0 Å². The van der Waals surface area contributed by atoms with E-state index >= 15 is 0 Å². The number of carbonyl (C=O) groups is 2. The van der Waals surface area contributed by atoms with Gasteiger partial charge in [0.1, 0.15) is 0 Å². The Hall–Kier alpha value is -2.05. The predicted octanol–water partition coefficient (Wildman–Crippen LogP) is 3.12. The summed E-state index contributed by atoms with van der Waals surface area (Å²) in [5.74, 6) is -1.13. The van der Waals surface area contributed by atoms with Crippen LogP contribution in [0.4, 0.5) is 0 Å². The Balaban J connectivity index is 1.81. The minimum Gasteiger partial charge on any atom is -0.481 e. The van der Waals surface area contributed by atoms with E-state index in [-0.39, 0.29) is 12.5 Å². The molecule has 8 heteroatoms. The molecule has 1 unspecified atom stereocenters. The van der Waals surface area contributed by atoms with Gasteiger partial charge >= 0.3 is 5.97 Å². The number of nitrogens with zero attached hydrogens (tertiary/aromatic N) is 3. The maximum atomic E-state index is 12.6. The molecular weight excluding hydrogens is 353 g/mol. The summed E-state index contributed by atoms with van der Waals surface area (Å²) in [6.45, 7) is 2.25. The van der Waals surface area contributed by atoms with Crippen molar-refractivity contribution >= 4 is 35.1 Å². The highest BCUT2D eigenvalue weighted by Crippen LogP contribution is 2.31. The van der Waals surface area contributed by atoms with Gasteiger partial charge in [0.05, 0.1) is 27.9 Å². The molecule has 0 radical (unpaired) electrons. The summed E-state index contributed by atoms with van der Waals surface area (Å²) >= 11 is 12.0. The smallest absolute Gasteiger partial charge is 0.311 e. The Kier molecular flexibility index (Phi) is 4.27. The third-order valence-electron chi connectivity index (χ3n) is 4.26. The summed E-state index contributed by atoms with van der Waals surface area (Å²) in [6, 6.07) is 4.99. The van der Waals surface area contributed by atoms with E-state index in [0.29, 0.717) is 34.3 Å². The summed E-state index contributed by atoms with van der Waals surface area (Å²) in [5, 5.41) is 14.4. The lowest BCUT2D eigenvalue weighted by atomic mass is 9.90. The van der Waals surface area contributed by atoms with E-state index in [2.05, 4.69) is 5.10 Å². The Morgan fingerprint density at radius 2 is 2.08 bits per heavy atom. The van der Waals surface area contributed by atoms with Crippen LogP contribution in [0.3, 0.4) is 0 Å². The molecule has 0 saturated carbocycles. The molecule has 2 heterocycles. The van der Waals surface area contributed by atoms with Crippen LogP contribution in [0.1, 0.15) is 23.7 Å². The Labute approximate surface area is 148 Å². The average molecular weight is 368 g/mol. The van der Waals surface area contributed by atoms with Crippen LogP contribution in [-0.4, -0.2) is 44.8 Å². The molecule has 1 aliphatic heterocycles.